The number of carboxylic acid groups (broad SMARTS) is 1. The minimum absolute atomic E-state index is 0.0410. The summed E-state index contributed by atoms with van der Waals surface area (Å²) in [6.07, 6.45) is 1.38. The second-order valence-electron chi connectivity index (χ2n) is 9.54. The Balaban J connectivity index is 1.15. The predicted molar refractivity (Wildman–Crippen MR) is 128 cm³/mol. The van der Waals surface area contributed by atoms with Crippen LogP contribution in [0.25, 0.3) is 11.1 Å². The Morgan fingerprint density at radius 1 is 0.971 bits per heavy atom. The summed E-state index contributed by atoms with van der Waals surface area (Å²) in [4.78, 5) is 36.8. The van der Waals surface area contributed by atoms with Crippen molar-refractivity contribution in [3.05, 3.63) is 59.7 Å². The lowest BCUT2D eigenvalue weighted by atomic mass is 9.96. The Morgan fingerprint density at radius 2 is 1.66 bits per heavy atom. The third-order valence-electron chi connectivity index (χ3n) is 7.51. The first kappa shape index (κ1) is 23.4. The van der Waals surface area contributed by atoms with E-state index in [9.17, 15) is 19.5 Å². The molecule has 1 aliphatic heterocycles. The minimum atomic E-state index is -0.819. The highest BCUT2D eigenvalue weighted by Crippen LogP contribution is 2.44. The van der Waals surface area contributed by atoms with Crippen molar-refractivity contribution in [2.45, 2.75) is 43.7 Å². The topological polar surface area (TPSA) is 114 Å². The van der Waals surface area contributed by atoms with Gasteiger partial charge in [-0.05, 0) is 47.4 Å². The standard InChI is InChI=1S/C27H30N2O6/c30-25(28-14-16-6-5-11-17(16)26(31)32)24-23(12-13-34-24)29-27(33)35-15-22-20-9-3-1-7-18(20)19-8-2-4-10-21(19)22/h1-4,7-10,16-17,22-24H,5-6,11-15H2,(H,28,30)(H,29,33)(H,31,32)/t16?,17?,23-,24+/m0/s1. The molecule has 0 radical (unpaired) electrons. The van der Waals surface area contributed by atoms with E-state index >= 15 is 0 Å². The highest BCUT2D eigenvalue weighted by atomic mass is 16.6. The van der Waals surface area contributed by atoms with Crippen molar-refractivity contribution < 1.29 is 29.0 Å². The van der Waals surface area contributed by atoms with Gasteiger partial charge in [-0.15, -0.1) is 0 Å². The molecule has 1 saturated carbocycles. The maximum absolute atomic E-state index is 12.7. The first-order valence-electron chi connectivity index (χ1n) is 12.3. The SMILES string of the molecule is O=C(N[C@H]1CCO[C@H]1C(=O)NCC1CCCC1C(=O)O)OCC1c2ccccc2-c2ccccc21. The van der Waals surface area contributed by atoms with Crippen LogP contribution >= 0.6 is 0 Å². The highest BCUT2D eigenvalue weighted by molar-refractivity contribution is 5.83. The Labute approximate surface area is 204 Å². The largest absolute Gasteiger partial charge is 0.481 e. The summed E-state index contributed by atoms with van der Waals surface area (Å²) in [6.45, 7) is 0.851. The minimum Gasteiger partial charge on any atom is -0.481 e. The summed E-state index contributed by atoms with van der Waals surface area (Å²) in [5.41, 5.74) is 4.58. The Morgan fingerprint density at radius 3 is 2.34 bits per heavy atom. The van der Waals surface area contributed by atoms with Gasteiger partial charge in [0.15, 0.2) is 6.10 Å². The smallest absolute Gasteiger partial charge is 0.407 e. The van der Waals surface area contributed by atoms with Gasteiger partial charge in [-0.1, -0.05) is 55.0 Å². The van der Waals surface area contributed by atoms with Crippen molar-refractivity contribution in [1.82, 2.24) is 10.6 Å². The molecule has 3 aliphatic rings. The van der Waals surface area contributed by atoms with Crippen LogP contribution in [0.1, 0.15) is 42.7 Å². The molecule has 1 saturated heterocycles. The zero-order chi connectivity index (χ0) is 24.4. The molecule has 8 heteroatoms. The van der Waals surface area contributed by atoms with Crippen molar-refractivity contribution in [3.8, 4) is 11.1 Å². The van der Waals surface area contributed by atoms with Crippen molar-refractivity contribution in [2.75, 3.05) is 19.8 Å². The highest BCUT2D eigenvalue weighted by Gasteiger charge is 2.38. The van der Waals surface area contributed by atoms with Gasteiger partial charge in [0.25, 0.3) is 5.91 Å². The number of carboxylic acids is 1. The fourth-order valence-corrected chi connectivity index (χ4v) is 5.73. The summed E-state index contributed by atoms with van der Waals surface area (Å²) in [7, 11) is 0. The maximum atomic E-state index is 12.7. The molecule has 2 fully saturated rings. The molecule has 4 atom stereocenters. The van der Waals surface area contributed by atoms with Crippen molar-refractivity contribution >= 4 is 18.0 Å². The zero-order valence-electron chi connectivity index (χ0n) is 19.4. The number of hydrogen-bond donors (Lipinski definition) is 3. The molecule has 1 heterocycles. The van der Waals surface area contributed by atoms with Gasteiger partial charge in [0.1, 0.15) is 6.61 Å². The van der Waals surface area contributed by atoms with E-state index in [2.05, 4.69) is 34.9 Å². The predicted octanol–water partition coefficient (Wildman–Crippen LogP) is 3.30. The molecular weight excluding hydrogens is 448 g/mol. The van der Waals surface area contributed by atoms with E-state index in [-0.39, 0.29) is 24.3 Å². The molecule has 2 aromatic rings. The van der Waals surface area contributed by atoms with E-state index in [1.165, 1.54) is 0 Å². The zero-order valence-corrected chi connectivity index (χ0v) is 19.4. The number of nitrogens with one attached hydrogen (secondary N) is 2. The molecular formula is C27H30N2O6. The van der Waals surface area contributed by atoms with Crippen LogP contribution in [-0.2, 0) is 19.1 Å². The van der Waals surface area contributed by atoms with Crippen LogP contribution in [0.5, 0.6) is 0 Å². The van der Waals surface area contributed by atoms with Gasteiger partial charge < -0.3 is 25.2 Å². The third-order valence-corrected chi connectivity index (χ3v) is 7.51. The number of carbonyl (C=O) groups excluding carboxylic acids is 2. The average molecular weight is 479 g/mol. The molecule has 8 nitrogen and oxygen atoms in total. The van der Waals surface area contributed by atoms with Crippen LogP contribution in [-0.4, -0.2) is 55.0 Å². The van der Waals surface area contributed by atoms with Crippen LogP contribution in [0.15, 0.2) is 48.5 Å². The monoisotopic (exact) mass is 478 g/mol. The van der Waals surface area contributed by atoms with Crippen molar-refractivity contribution in [1.29, 1.82) is 0 Å². The summed E-state index contributed by atoms with van der Waals surface area (Å²) >= 11 is 0. The van der Waals surface area contributed by atoms with E-state index in [4.69, 9.17) is 9.47 Å². The molecule has 0 spiro atoms. The lowest BCUT2D eigenvalue weighted by Crippen LogP contribution is -2.49. The molecule has 0 bridgehead atoms. The van der Waals surface area contributed by atoms with Crippen molar-refractivity contribution in [3.63, 3.8) is 0 Å². The second kappa shape index (κ2) is 10.1. The molecule has 2 aliphatic carbocycles. The number of fused-ring (bicyclic) bond motifs is 3. The Kier molecular flexibility index (Phi) is 6.72. The number of aliphatic carboxylic acids is 1. The van der Waals surface area contributed by atoms with E-state index in [1.54, 1.807) is 0 Å². The van der Waals surface area contributed by atoms with Crippen molar-refractivity contribution in [2.24, 2.45) is 11.8 Å². The molecule has 2 unspecified atom stereocenters. The van der Waals surface area contributed by atoms with Crippen LogP contribution in [0.4, 0.5) is 4.79 Å². The molecule has 184 valence electrons. The fourth-order valence-electron chi connectivity index (χ4n) is 5.73. The van der Waals surface area contributed by atoms with Crippen LogP contribution in [0.3, 0.4) is 0 Å². The summed E-state index contributed by atoms with van der Waals surface area (Å²) < 4.78 is 11.2. The number of hydrogen-bond acceptors (Lipinski definition) is 5. The van der Waals surface area contributed by atoms with Gasteiger partial charge in [-0.25, -0.2) is 4.79 Å². The number of rotatable bonds is 7. The number of benzene rings is 2. The van der Waals surface area contributed by atoms with E-state index < -0.39 is 30.1 Å². The third kappa shape index (κ3) is 4.75. The normalized spacial score (nSPS) is 25.0. The Hall–Kier alpha value is -3.39. The fraction of sp³-hybridized carbons (Fsp3) is 0.444. The quantitative estimate of drug-likeness (QED) is 0.563. The lowest BCUT2D eigenvalue weighted by Gasteiger charge is -2.22. The first-order chi connectivity index (χ1) is 17.0. The Bertz CT molecular complexity index is 1070. The van der Waals surface area contributed by atoms with E-state index in [1.807, 2.05) is 24.3 Å². The van der Waals surface area contributed by atoms with Gasteiger partial charge in [-0.3, -0.25) is 9.59 Å². The van der Waals surface area contributed by atoms with Gasteiger partial charge in [0.2, 0.25) is 0 Å². The van der Waals surface area contributed by atoms with Gasteiger partial charge in [0.05, 0.1) is 12.0 Å². The molecule has 5 rings (SSSR count). The van der Waals surface area contributed by atoms with Gasteiger partial charge in [0, 0.05) is 19.1 Å². The summed E-state index contributed by atoms with van der Waals surface area (Å²) in [5.74, 6) is -1.68. The van der Waals surface area contributed by atoms with Gasteiger partial charge in [-0.2, -0.15) is 0 Å². The summed E-state index contributed by atoms with van der Waals surface area (Å²) in [6, 6.07) is 15.8. The van der Waals surface area contributed by atoms with Crippen LogP contribution < -0.4 is 10.6 Å². The van der Waals surface area contributed by atoms with E-state index in [0.717, 1.165) is 35.1 Å². The van der Waals surface area contributed by atoms with Gasteiger partial charge >= 0.3 is 12.1 Å². The number of carbonyl (C=O) groups is 3. The number of alkyl carbamates (subject to hydrolysis) is 1. The molecule has 3 N–H and O–H groups in total. The average Bonchev–Trinajstić information content (AvgIpc) is 3.59. The number of amides is 2. The van der Waals surface area contributed by atoms with E-state index in [0.29, 0.717) is 26.0 Å². The number of ether oxygens (including phenoxy) is 2. The van der Waals surface area contributed by atoms with Crippen LogP contribution in [0.2, 0.25) is 0 Å². The molecule has 35 heavy (non-hydrogen) atoms. The first-order valence-corrected chi connectivity index (χ1v) is 12.3. The maximum Gasteiger partial charge on any atom is 0.407 e. The van der Waals surface area contributed by atoms with Crippen LogP contribution in [0, 0.1) is 11.8 Å². The molecule has 2 aromatic carbocycles. The molecule has 0 aromatic heterocycles. The molecule has 2 amide bonds. The summed E-state index contributed by atoms with van der Waals surface area (Å²) in [5, 5.41) is 15.0. The second-order valence-corrected chi connectivity index (χ2v) is 9.54. The lowest BCUT2D eigenvalue weighted by molar-refractivity contribution is -0.143.